The summed E-state index contributed by atoms with van der Waals surface area (Å²) in [7, 11) is -0.386. The van der Waals surface area contributed by atoms with Crippen LogP contribution in [0.4, 0.5) is 16.6 Å². The molecular formula is C41H42N8O6S2. The van der Waals surface area contributed by atoms with Gasteiger partial charge in [0.25, 0.3) is 21.8 Å². The maximum atomic E-state index is 13.5. The highest BCUT2D eigenvalue weighted by Gasteiger charge is 2.26. The molecule has 7 rings (SSSR count). The lowest BCUT2D eigenvalue weighted by Crippen LogP contribution is -2.34. The molecule has 0 bridgehead atoms. The van der Waals surface area contributed by atoms with Gasteiger partial charge in [0.05, 0.1) is 27.4 Å². The van der Waals surface area contributed by atoms with E-state index in [1.165, 1.54) is 29.5 Å². The summed E-state index contributed by atoms with van der Waals surface area (Å²) in [5.41, 5.74) is 6.04. The second-order valence-electron chi connectivity index (χ2n) is 14.0. The molecule has 294 valence electrons. The number of nitrogens with zero attached hydrogens (tertiary/aromatic N) is 5. The van der Waals surface area contributed by atoms with Crippen molar-refractivity contribution in [2.24, 2.45) is 5.92 Å². The molecule has 0 saturated heterocycles. The molecule has 0 unspecified atom stereocenters. The van der Waals surface area contributed by atoms with Crippen molar-refractivity contribution in [2.45, 2.75) is 30.7 Å². The van der Waals surface area contributed by atoms with E-state index in [9.17, 15) is 23.2 Å². The van der Waals surface area contributed by atoms with E-state index in [0.29, 0.717) is 54.6 Å². The van der Waals surface area contributed by atoms with Crippen LogP contribution in [0.15, 0.2) is 108 Å². The van der Waals surface area contributed by atoms with Gasteiger partial charge in [0.2, 0.25) is 0 Å². The van der Waals surface area contributed by atoms with Crippen LogP contribution in [0.3, 0.4) is 0 Å². The van der Waals surface area contributed by atoms with Crippen molar-refractivity contribution in [1.29, 1.82) is 0 Å². The highest BCUT2D eigenvalue weighted by Crippen LogP contribution is 2.30. The van der Waals surface area contributed by atoms with Gasteiger partial charge in [0, 0.05) is 31.0 Å². The van der Waals surface area contributed by atoms with Gasteiger partial charge in [-0.2, -0.15) is 0 Å². The third kappa shape index (κ3) is 9.55. The Balaban J connectivity index is 1.03. The molecular weight excluding hydrogens is 765 g/mol. The molecule has 3 aromatic heterocycles. The summed E-state index contributed by atoms with van der Waals surface area (Å²) in [6, 6.07) is 26.0. The number of sulfonamides is 1. The minimum absolute atomic E-state index is 0.0553. The van der Waals surface area contributed by atoms with Crippen LogP contribution in [0.25, 0.3) is 10.2 Å². The monoisotopic (exact) mass is 806 g/mol. The van der Waals surface area contributed by atoms with E-state index in [4.69, 9.17) is 4.74 Å². The number of benzene rings is 3. The molecule has 0 saturated carbocycles. The van der Waals surface area contributed by atoms with Crippen LogP contribution in [-0.4, -0.2) is 79.1 Å². The van der Waals surface area contributed by atoms with E-state index in [1.807, 2.05) is 61.5 Å². The molecule has 16 heteroatoms. The normalized spacial score (nSPS) is 13.2. The molecule has 6 aromatic rings. The zero-order valence-corrected chi connectivity index (χ0v) is 33.0. The largest absolute Gasteiger partial charge is 0.493 e. The molecule has 0 aliphatic carbocycles. The SMILES string of the molecule is CN(C)CC[C@H](COc1ccccc1)Cc1ccc(S(=O)(=O)NC(=O)c2cccc(N3CCc4cccc(C(=O)Nc5nc6ccncc6s5)c4C3)n2)cc1NO. The van der Waals surface area contributed by atoms with Gasteiger partial charge in [-0.05, 0) is 111 Å². The van der Waals surface area contributed by atoms with Crippen molar-refractivity contribution in [3.05, 3.63) is 131 Å². The quantitative estimate of drug-likeness (QED) is 0.0890. The van der Waals surface area contributed by atoms with E-state index < -0.39 is 15.9 Å². The lowest BCUT2D eigenvalue weighted by molar-refractivity contribution is 0.0975. The summed E-state index contributed by atoms with van der Waals surface area (Å²) in [5.74, 6) is 0.0569. The third-order valence-corrected chi connectivity index (χ3v) is 11.9. The first kappa shape index (κ1) is 39.3. The van der Waals surface area contributed by atoms with Gasteiger partial charge in [0.15, 0.2) is 5.13 Å². The number of pyridine rings is 2. The van der Waals surface area contributed by atoms with Crippen LogP contribution in [0, 0.1) is 5.92 Å². The number of ether oxygens (including phenoxy) is 1. The molecule has 3 aromatic carbocycles. The highest BCUT2D eigenvalue weighted by molar-refractivity contribution is 7.90. The number of carbonyl (C=O) groups excluding carboxylic acids is 2. The number of anilines is 3. The number of aromatic nitrogens is 3. The van der Waals surface area contributed by atoms with Gasteiger partial charge in [-0.1, -0.05) is 53.8 Å². The number of carbonyl (C=O) groups is 2. The molecule has 0 spiro atoms. The maximum Gasteiger partial charge on any atom is 0.283 e. The van der Waals surface area contributed by atoms with Gasteiger partial charge >= 0.3 is 0 Å². The van der Waals surface area contributed by atoms with Crippen molar-refractivity contribution in [3.8, 4) is 5.75 Å². The average Bonchev–Trinajstić information content (AvgIpc) is 3.64. The number of hydrogen-bond donors (Lipinski definition) is 4. The van der Waals surface area contributed by atoms with Crippen molar-refractivity contribution in [1.82, 2.24) is 24.6 Å². The average molecular weight is 807 g/mol. The Labute approximate surface area is 334 Å². The minimum Gasteiger partial charge on any atom is -0.493 e. The molecule has 2 amide bonds. The number of thiazole rings is 1. The lowest BCUT2D eigenvalue weighted by Gasteiger charge is -2.31. The highest BCUT2D eigenvalue weighted by atomic mass is 32.2. The Morgan fingerprint density at radius 2 is 1.81 bits per heavy atom. The summed E-state index contributed by atoms with van der Waals surface area (Å²) >= 11 is 1.34. The molecule has 0 fully saturated rings. The second-order valence-corrected chi connectivity index (χ2v) is 16.7. The summed E-state index contributed by atoms with van der Waals surface area (Å²) in [6.45, 7) is 2.15. The fraction of sp³-hybridized carbons (Fsp3) is 0.244. The number of hydrogen-bond acceptors (Lipinski definition) is 13. The van der Waals surface area contributed by atoms with Crippen LogP contribution in [0.2, 0.25) is 0 Å². The number of nitrogens with one attached hydrogen (secondary N) is 3. The first-order valence-corrected chi connectivity index (χ1v) is 20.6. The van der Waals surface area contributed by atoms with E-state index in [2.05, 4.69) is 35.4 Å². The van der Waals surface area contributed by atoms with Gasteiger partial charge in [-0.25, -0.2) is 23.1 Å². The van der Waals surface area contributed by atoms with Crippen LogP contribution in [0.1, 0.15) is 44.0 Å². The Morgan fingerprint density at radius 1 is 0.982 bits per heavy atom. The fourth-order valence-electron chi connectivity index (χ4n) is 6.68. The van der Waals surface area contributed by atoms with E-state index in [0.717, 1.165) is 40.1 Å². The number of amides is 2. The summed E-state index contributed by atoms with van der Waals surface area (Å²) < 4.78 is 36.1. The fourth-order valence-corrected chi connectivity index (χ4v) is 8.49. The molecule has 14 nitrogen and oxygen atoms in total. The zero-order valence-electron chi connectivity index (χ0n) is 31.4. The number of fused-ring (bicyclic) bond motifs is 2. The predicted molar refractivity (Wildman–Crippen MR) is 220 cm³/mol. The summed E-state index contributed by atoms with van der Waals surface area (Å²) in [5, 5.41) is 13.4. The smallest absolute Gasteiger partial charge is 0.283 e. The van der Waals surface area contributed by atoms with Crippen molar-refractivity contribution >= 4 is 60.0 Å². The molecule has 1 aliphatic rings. The lowest BCUT2D eigenvalue weighted by atomic mass is 9.94. The standard InChI is InChI=1S/C41H42N8O6S2/c1-48(2)20-17-27(26-55-30-9-4-3-5-10-30)22-29-14-15-31(23-36(29)46-52)57(53,54)47-40(51)35-12-7-13-38(43-35)49-21-18-28-8-6-11-32(33(28)25-49)39(50)45-41-44-34-16-19-42-24-37(34)56-41/h3-16,19,23-24,27,46,52H,17-18,20-22,25-26H2,1-2H3,(H,47,51)(H,44,45,50)/t27-/m0/s1. The molecule has 1 atom stereocenters. The number of para-hydroxylation sites is 1. The van der Waals surface area contributed by atoms with E-state index in [1.54, 1.807) is 42.7 Å². The molecule has 1 aliphatic heterocycles. The van der Waals surface area contributed by atoms with E-state index in [-0.39, 0.29) is 28.1 Å². The summed E-state index contributed by atoms with van der Waals surface area (Å²) in [4.78, 5) is 43.9. The predicted octanol–water partition coefficient (Wildman–Crippen LogP) is 6.01. The molecule has 57 heavy (non-hydrogen) atoms. The van der Waals surface area contributed by atoms with Gasteiger partial charge in [0.1, 0.15) is 17.3 Å². The first-order chi connectivity index (χ1) is 27.6. The van der Waals surface area contributed by atoms with Crippen molar-refractivity contribution in [3.63, 3.8) is 0 Å². The Kier molecular flexibility index (Phi) is 12.0. The molecule has 0 radical (unpaired) electrons. The molecule has 4 heterocycles. The third-order valence-electron chi connectivity index (χ3n) is 9.68. The van der Waals surface area contributed by atoms with Crippen LogP contribution in [0.5, 0.6) is 5.75 Å². The van der Waals surface area contributed by atoms with Crippen molar-refractivity contribution < 1.29 is 28.0 Å². The first-order valence-electron chi connectivity index (χ1n) is 18.3. The van der Waals surface area contributed by atoms with Crippen LogP contribution < -0.4 is 25.2 Å². The Morgan fingerprint density at radius 3 is 2.60 bits per heavy atom. The summed E-state index contributed by atoms with van der Waals surface area (Å²) in [6.07, 6.45) is 5.29. The molecule has 4 N–H and O–H groups in total. The minimum atomic E-state index is -4.37. The van der Waals surface area contributed by atoms with Gasteiger partial charge < -0.3 is 14.5 Å². The van der Waals surface area contributed by atoms with Crippen LogP contribution >= 0.6 is 11.3 Å². The van der Waals surface area contributed by atoms with Crippen LogP contribution in [-0.2, 0) is 29.4 Å². The Bertz CT molecular complexity index is 2460. The van der Waals surface area contributed by atoms with Gasteiger partial charge in [-0.15, -0.1) is 0 Å². The van der Waals surface area contributed by atoms with Gasteiger partial charge in [-0.3, -0.25) is 30.6 Å². The second kappa shape index (κ2) is 17.5. The topological polar surface area (TPSA) is 179 Å². The number of rotatable bonds is 15. The van der Waals surface area contributed by atoms with E-state index >= 15 is 0 Å². The maximum absolute atomic E-state index is 13.5. The zero-order chi connectivity index (χ0) is 39.9. The van der Waals surface area contributed by atoms with Crippen molar-refractivity contribution in [2.75, 3.05) is 49.5 Å². The Hall–Kier alpha value is -5.94.